The smallest absolute Gasteiger partial charge is 0.132 e. The molecule has 1 saturated heterocycles. The van der Waals surface area contributed by atoms with Gasteiger partial charge in [0, 0.05) is 24.3 Å². The van der Waals surface area contributed by atoms with E-state index in [0.717, 1.165) is 24.5 Å². The van der Waals surface area contributed by atoms with E-state index in [2.05, 4.69) is 51.3 Å². The Bertz CT molecular complexity index is 568. The van der Waals surface area contributed by atoms with Gasteiger partial charge in [0.1, 0.15) is 12.1 Å². The zero-order valence-electron chi connectivity index (χ0n) is 12.7. The monoisotopic (exact) mass is 281 g/mol. The Morgan fingerprint density at radius 3 is 2.81 bits per heavy atom. The molecule has 0 amide bonds. The van der Waals surface area contributed by atoms with E-state index in [9.17, 15) is 0 Å². The summed E-state index contributed by atoms with van der Waals surface area (Å²) in [5.74, 6) is 1.10. The van der Waals surface area contributed by atoms with Crippen LogP contribution in [0.5, 0.6) is 0 Å². The molecule has 1 atom stereocenters. The van der Waals surface area contributed by atoms with Crippen molar-refractivity contribution >= 4 is 5.82 Å². The molecule has 1 aromatic heterocycles. The molecule has 2 heterocycles. The van der Waals surface area contributed by atoms with Gasteiger partial charge in [-0.05, 0) is 44.6 Å². The van der Waals surface area contributed by atoms with E-state index in [1.165, 1.54) is 31.2 Å². The molecule has 1 fully saturated rings. The van der Waals surface area contributed by atoms with Gasteiger partial charge in [0.05, 0.1) is 0 Å². The lowest BCUT2D eigenvalue weighted by Gasteiger charge is -2.37. The van der Waals surface area contributed by atoms with E-state index in [4.69, 9.17) is 0 Å². The van der Waals surface area contributed by atoms with Gasteiger partial charge in [-0.1, -0.05) is 30.3 Å². The van der Waals surface area contributed by atoms with Crippen LogP contribution in [0.2, 0.25) is 0 Å². The Morgan fingerprint density at radius 1 is 1.14 bits per heavy atom. The normalized spacial score (nSPS) is 18.7. The number of aromatic nitrogens is 2. The molecule has 1 aromatic carbocycles. The van der Waals surface area contributed by atoms with Crippen molar-refractivity contribution in [2.75, 3.05) is 11.4 Å². The second kappa shape index (κ2) is 6.70. The third-order valence-electron chi connectivity index (χ3n) is 4.32. The predicted octanol–water partition coefficient (Wildman–Crippen LogP) is 3.78. The van der Waals surface area contributed by atoms with Crippen molar-refractivity contribution in [1.82, 2.24) is 9.97 Å². The maximum Gasteiger partial charge on any atom is 0.132 e. The number of rotatable bonds is 4. The van der Waals surface area contributed by atoms with Crippen molar-refractivity contribution in [1.29, 1.82) is 0 Å². The minimum absolute atomic E-state index is 0.605. The standard InChI is InChI=1S/C18H23N3/c1-15-13-18(20-14-19-15)21-12-6-5-9-17(21)11-10-16-7-3-2-4-8-16/h2-4,7-8,13-14,17H,5-6,9-12H2,1H3. The molecule has 3 rings (SSSR count). The molecule has 3 heteroatoms. The average molecular weight is 281 g/mol. The highest BCUT2D eigenvalue weighted by Gasteiger charge is 2.23. The van der Waals surface area contributed by atoms with Gasteiger partial charge >= 0.3 is 0 Å². The zero-order valence-corrected chi connectivity index (χ0v) is 12.7. The van der Waals surface area contributed by atoms with Gasteiger partial charge in [-0.2, -0.15) is 0 Å². The first-order chi connectivity index (χ1) is 10.3. The number of aryl methyl sites for hydroxylation is 2. The maximum atomic E-state index is 4.48. The number of anilines is 1. The zero-order chi connectivity index (χ0) is 14.5. The first-order valence-electron chi connectivity index (χ1n) is 7.92. The van der Waals surface area contributed by atoms with Gasteiger partial charge in [-0.25, -0.2) is 9.97 Å². The summed E-state index contributed by atoms with van der Waals surface area (Å²) >= 11 is 0. The lowest BCUT2D eigenvalue weighted by Crippen LogP contribution is -2.40. The number of hydrogen-bond donors (Lipinski definition) is 0. The molecule has 0 aliphatic carbocycles. The van der Waals surface area contributed by atoms with E-state index in [0.29, 0.717) is 6.04 Å². The molecule has 0 radical (unpaired) electrons. The number of nitrogens with zero attached hydrogens (tertiary/aromatic N) is 3. The Balaban J connectivity index is 1.70. The maximum absolute atomic E-state index is 4.48. The molecular weight excluding hydrogens is 258 g/mol. The Kier molecular flexibility index (Phi) is 4.49. The van der Waals surface area contributed by atoms with Gasteiger partial charge in [0.15, 0.2) is 0 Å². The van der Waals surface area contributed by atoms with E-state index < -0.39 is 0 Å². The fourth-order valence-electron chi connectivity index (χ4n) is 3.18. The van der Waals surface area contributed by atoms with Crippen LogP contribution in [0.3, 0.4) is 0 Å². The molecule has 21 heavy (non-hydrogen) atoms. The third kappa shape index (κ3) is 3.60. The van der Waals surface area contributed by atoms with Crippen LogP contribution in [-0.4, -0.2) is 22.6 Å². The number of hydrogen-bond acceptors (Lipinski definition) is 3. The van der Waals surface area contributed by atoms with Crippen LogP contribution in [0.4, 0.5) is 5.82 Å². The van der Waals surface area contributed by atoms with E-state index in [-0.39, 0.29) is 0 Å². The largest absolute Gasteiger partial charge is 0.354 e. The second-order valence-electron chi connectivity index (χ2n) is 5.88. The highest BCUT2D eigenvalue weighted by Crippen LogP contribution is 2.26. The van der Waals surface area contributed by atoms with Crippen LogP contribution >= 0.6 is 0 Å². The van der Waals surface area contributed by atoms with Crippen molar-refractivity contribution < 1.29 is 0 Å². The van der Waals surface area contributed by atoms with Gasteiger partial charge < -0.3 is 4.90 Å². The molecule has 0 saturated carbocycles. The van der Waals surface area contributed by atoms with Crippen molar-refractivity contribution in [3.63, 3.8) is 0 Å². The summed E-state index contributed by atoms with van der Waals surface area (Å²) < 4.78 is 0. The number of piperidine rings is 1. The molecule has 1 aliphatic rings. The van der Waals surface area contributed by atoms with Crippen molar-refractivity contribution in [3.8, 4) is 0 Å². The Labute approximate surface area is 127 Å². The number of benzene rings is 1. The summed E-state index contributed by atoms with van der Waals surface area (Å²) in [6, 6.07) is 13.5. The second-order valence-corrected chi connectivity index (χ2v) is 5.88. The third-order valence-corrected chi connectivity index (χ3v) is 4.32. The molecule has 0 N–H and O–H groups in total. The summed E-state index contributed by atoms with van der Waals surface area (Å²) in [7, 11) is 0. The van der Waals surface area contributed by atoms with Crippen LogP contribution in [0.1, 0.15) is 36.9 Å². The lowest BCUT2D eigenvalue weighted by molar-refractivity contribution is 0.435. The topological polar surface area (TPSA) is 29.0 Å². The summed E-state index contributed by atoms with van der Waals surface area (Å²) in [4.78, 5) is 11.2. The van der Waals surface area contributed by atoms with E-state index >= 15 is 0 Å². The van der Waals surface area contributed by atoms with Crippen LogP contribution in [0, 0.1) is 6.92 Å². The molecule has 0 spiro atoms. The first kappa shape index (κ1) is 14.1. The summed E-state index contributed by atoms with van der Waals surface area (Å²) in [6.45, 7) is 3.16. The van der Waals surface area contributed by atoms with Gasteiger partial charge in [-0.15, -0.1) is 0 Å². The minimum Gasteiger partial charge on any atom is -0.354 e. The predicted molar refractivity (Wildman–Crippen MR) is 86.5 cm³/mol. The van der Waals surface area contributed by atoms with Crippen molar-refractivity contribution in [2.45, 2.75) is 45.1 Å². The fraction of sp³-hybridized carbons (Fsp3) is 0.444. The Morgan fingerprint density at radius 2 is 2.00 bits per heavy atom. The molecule has 1 aliphatic heterocycles. The molecule has 2 aromatic rings. The Hall–Kier alpha value is -1.90. The summed E-state index contributed by atoms with van der Waals surface area (Å²) in [5, 5.41) is 0. The van der Waals surface area contributed by atoms with Crippen LogP contribution in [0.15, 0.2) is 42.7 Å². The molecular formula is C18H23N3. The van der Waals surface area contributed by atoms with Crippen LogP contribution < -0.4 is 4.90 Å². The van der Waals surface area contributed by atoms with E-state index in [1.807, 2.05) is 6.92 Å². The summed E-state index contributed by atoms with van der Waals surface area (Å²) in [6.07, 6.45) is 7.91. The molecule has 110 valence electrons. The van der Waals surface area contributed by atoms with Gasteiger partial charge in [0.25, 0.3) is 0 Å². The van der Waals surface area contributed by atoms with E-state index in [1.54, 1.807) is 6.33 Å². The van der Waals surface area contributed by atoms with Gasteiger partial charge in [-0.3, -0.25) is 0 Å². The van der Waals surface area contributed by atoms with Crippen molar-refractivity contribution in [2.24, 2.45) is 0 Å². The van der Waals surface area contributed by atoms with Crippen molar-refractivity contribution in [3.05, 3.63) is 54.0 Å². The quantitative estimate of drug-likeness (QED) is 0.854. The van der Waals surface area contributed by atoms with Gasteiger partial charge in [0.2, 0.25) is 0 Å². The average Bonchev–Trinajstić information content (AvgIpc) is 2.54. The molecule has 1 unspecified atom stereocenters. The molecule has 0 bridgehead atoms. The minimum atomic E-state index is 0.605. The van der Waals surface area contributed by atoms with Crippen LogP contribution in [-0.2, 0) is 6.42 Å². The van der Waals surface area contributed by atoms with Crippen LogP contribution in [0.25, 0.3) is 0 Å². The SMILES string of the molecule is Cc1cc(N2CCCCC2CCc2ccccc2)ncn1. The highest BCUT2D eigenvalue weighted by molar-refractivity contribution is 5.40. The highest BCUT2D eigenvalue weighted by atomic mass is 15.2. The summed E-state index contributed by atoms with van der Waals surface area (Å²) in [5.41, 5.74) is 2.48. The first-order valence-corrected chi connectivity index (χ1v) is 7.92. The molecule has 3 nitrogen and oxygen atoms in total. The lowest BCUT2D eigenvalue weighted by atomic mass is 9.96. The fourth-order valence-corrected chi connectivity index (χ4v) is 3.18.